The number of aryl methyl sites for hydroxylation is 1. The zero-order valence-corrected chi connectivity index (χ0v) is 8.36. The molecule has 1 unspecified atom stereocenters. The van der Waals surface area contributed by atoms with Crippen LogP contribution in [-0.2, 0) is 9.59 Å². The number of imide groups is 1. The van der Waals surface area contributed by atoms with Crippen LogP contribution in [0.4, 0.5) is 0 Å². The van der Waals surface area contributed by atoms with Gasteiger partial charge in [-0.15, -0.1) is 0 Å². The van der Waals surface area contributed by atoms with Crippen molar-refractivity contribution in [2.24, 2.45) is 0 Å². The van der Waals surface area contributed by atoms with Crippen molar-refractivity contribution in [3.05, 3.63) is 23.8 Å². The van der Waals surface area contributed by atoms with Crippen LogP contribution in [0, 0.1) is 6.92 Å². The fourth-order valence-electron chi connectivity index (χ4n) is 1.64. The van der Waals surface area contributed by atoms with Crippen LogP contribution in [0.25, 0.3) is 0 Å². The lowest BCUT2D eigenvalue weighted by Crippen LogP contribution is -2.39. The normalized spacial score (nSPS) is 21.3. The monoisotopic (exact) mass is 205 g/mol. The maximum absolute atomic E-state index is 11.5. The molecule has 1 aliphatic rings. The van der Waals surface area contributed by atoms with Crippen molar-refractivity contribution in [2.75, 3.05) is 0 Å². The molecule has 1 atom stereocenters. The van der Waals surface area contributed by atoms with Crippen LogP contribution < -0.4 is 5.32 Å². The predicted octanol–water partition coefficient (Wildman–Crippen LogP) is 0.305. The van der Waals surface area contributed by atoms with Crippen LogP contribution in [0.15, 0.2) is 12.3 Å². The summed E-state index contributed by atoms with van der Waals surface area (Å²) in [5.74, 6) is -0.145. The quantitative estimate of drug-likeness (QED) is 0.669. The molecular weight excluding hydrogens is 194 g/mol. The van der Waals surface area contributed by atoms with Crippen LogP contribution in [0.1, 0.15) is 30.3 Å². The SMILES string of the molecule is Cc1nccc(C2CCC(=O)NC2=O)n1. The van der Waals surface area contributed by atoms with Gasteiger partial charge in [-0.3, -0.25) is 14.9 Å². The Morgan fingerprint density at radius 3 is 2.93 bits per heavy atom. The van der Waals surface area contributed by atoms with Gasteiger partial charge in [-0.2, -0.15) is 0 Å². The van der Waals surface area contributed by atoms with Gasteiger partial charge in [0, 0.05) is 12.6 Å². The molecule has 1 aromatic heterocycles. The highest BCUT2D eigenvalue weighted by atomic mass is 16.2. The average molecular weight is 205 g/mol. The van der Waals surface area contributed by atoms with Crippen molar-refractivity contribution >= 4 is 11.8 Å². The molecule has 0 radical (unpaired) electrons. The topological polar surface area (TPSA) is 72.0 Å². The predicted molar refractivity (Wildman–Crippen MR) is 51.9 cm³/mol. The highest BCUT2D eigenvalue weighted by Crippen LogP contribution is 2.22. The van der Waals surface area contributed by atoms with Crippen LogP contribution in [-0.4, -0.2) is 21.8 Å². The summed E-state index contributed by atoms with van der Waals surface area (Å²) in [5.41, 5.74) is 0.688. The van der Waals surface area contributed by atoms with E-state index in [1.165, 1.54) is 0 Å². The number of hydrogen-bond acceptors (Lipinski definition) is 4. The minimum Gasteiger partial charge on any atom is -0.296 e. The molecule has 78 valence electrons. The summed E-state index contributed by atoms with van der Waals surface area (Å²) in [6.07, 6.45) is 2.53. The van der Waals surface area contributed by atoms with Crippen LogP contribution >= 0.6 is 0 Å². The molecule has 0 spiro atoms. The van der Waals surface area contributed by atoms with Crippen molar-refractivity contribution in [1.82, 2.24) is 15.3 Å². The van der Waals surface area contributed by atoms with Gasteiger partial charge in [-0.05, 0) is 19.4 Å². The summed E-state index contributed by atoms with van der Waals surface area (Å²) in [6.45, 7) is 1.77. The molecule has 5 heteroatoms. The van der Waals surface area contributed by atoms with Gasteiger partial charge in [0.1, 0.15) is 5.82 Å². The van der Waals surface area contributed by atoms with Gasteiger partial charge in [0.2, 0.25) is 11.8 Å². The number of nitrogens with zero attached hydrogens (tertiary/aromatic N) is 2. The first-order valence-electron chi connectivity index (χ1n) is 4.80. The number of hydrogen-bond donors (Lipinski definition) is 1. The van der Waals surface area contributed by atoms with Gasteiger partial charge < -0.3 is 0 Å². The van der Waals surface area contributed by atoms with E-state index in [1.807, 2.05) is 0 Å². The van der Waals surface area contributed by atoms with E-state index < -0.39 is 0 Å². The minimum absolute atomic E-state index is 0.206. The number of aromatic nitrogens is 2. The van der Waals surface area contributed by atoms with Crippen LogP contribution in [0.5, 0.6) is 0 Å². The number of rotatable bonds is 1. The van der Waals surface area contributed by atoms with E-state index in [9.17, 15) is 9.59 Å². The maximum Gasteiger partial charge on any atom is 0.235 e. The van der Waals surface area contributed by atoms with Gasteiger partial charge in [-0.25, -0.2) is 9.97 Å². The molecule has 2 heterocycles. The molecule has 1 fully saturated rings. The number of amides is 2. The standard InChI is InChI=1S/C10H11N3O2/c1-6-11-5-4-8(12-6)7-2-3-9(14)13-10(7)15/h4-5,7H,2-3H2,1H3,(H,13,14,15). The molecule has 0 saturated carbocycles. The summed E-state index contributed by atoms with van der Waals surface area (Å²) in [6, 6.07) is 1.72. The fourth-order valence-corrected chi connectivity index (χ4v) is 1.64. The molecule has 1 N–H and O–H groups in total. The molecule has 0 aromatic carbocycles. The Kier molecular flexibility index (Phi) is 2.45. The van der Waals surface area contributed by atoms with Gasteiger partial charge in [0.25, 0.3) is 0 Å². The van der Waals surface area contributed by atoms with Crippen molar-refractivity contribution in [1.29, 1.82) is 0 Å². The van der Waals surface area contributed by atoms with E-state index in [4.69, 9.17) is 0 Å². The largest absolute Gasteiger partial charge is 0.296 e. The number of piperidine rings is 1. The highest BCUT2D eigenvalue weighted by Gasteiger charge is 2.28. The highest BCUT2D eigenvalue weighted by molar-refractivity contribution is 6.00. The van der Waals surface area contributed by atoms with Gasteiger partial charge in [0.05, 0.1) is 11.6 Å². The molecule has 15 heavy (non-hydrogen) atoms. The van der Waals surface area contributed by atoms with Crippen LogP contribution in [0.3, 0.4) is 0 Å². The van der Waals surface area contributed by atoms with Crippen molar-refractivity contribution in [3.63, 3.8) is 0 Å². The molecule has 1 saturated heterocycles. The summed E-state index contributed by atoms with van der Waals surface area (Å²) >= 11 is 0. The minimum atomic E-state index is -0.315. The first kappa shape index (κ1) is 9.76. The van der Waals surface area contributed by atoms with E-state index in [1.54, 1.807) is 19.2 Å². The molecule has 2 amide bonds. The second kappa shape index (κ2) is 3.76. The van der Waals surface area contributed by atoms with Crippen LogP contribution in [0.2, 0.25) is 0 Å². The van der Waals surface area contributed by atoms with Gasteiger partial charge in [0.15, 0.2) is 0 Å². The zero-order valence-electron chi connectivity index (χ0n) is 8.36. The molecule has 1 aromatic rings. The summed E-state index contributed by atoms with van der Waals surface area (Å²) in [5, 5.41) is 2.31. The molecule has 1 aliphatic heterocycles. The van der Waals surface area contributed by atoms with E-state index in [-0.39, 0.29) is 17.7 Å². The van der Waals surface area contributed by atoms with Crippen molar-refractivity contribution < 1.29 is 9.59 Å². The van der Waals surface area contributed by atoms with E-state index >= 15 is 0 Å². The van der Waals surface area contributed by atoms with E-state index in [0.717, 1.165) is 0 Å². The van der Waals surface area contributed by atoms with E-state index in [2.05, 4.69) is 15.3 Å². The van der Waals surface area contributed by atoms with Gasteiger partial charge >= 0.3 is 0 Å². The molecule has 0 aliphatic carbocycles. The lowest BCUT2D eigenvalue weighted by molar-refractivity contribution is -0.134. The third-order valence-corrected chi connectivity index (χ3v) is 2.39. The third-order valence-electron chi connectivity index (χ3n) is 2.39. The number of carbonyl (C=O) groups is 2. The Hall–Kier alpha value is -1.78. The van der Waals surface area contributed by atoms with Gasteiger partial charge in [-0.1, -0.05) is 0 Å². The summed E-state index contributed by atoms with van der Waals surface area (Å²) in [4.78, 5) is 30.6. The summed E-state index contributed by atoms with van der Waals surface area (Å²) in [7, 11) is 0. The number of carbonyl (C=O) groups excluding carboxylic acids is 2. The first-order chi connectivity index (χ1) is 7.16. The number of nitrogens with one attached hydrogen (secondary N) is 1. The molecule has 2 rings (SSSR count). The molecular formula is C10H11N3O2. The first-order valence-corrected chi connectivity index (χ1v) is 4.80. The lowest BCUT2D eigenvalue weighted by Gasteiger charge is -2.20. The lowest BCUT2D eigenvalue weighted by atomic mass is 9.94. The average Bonchev–Trinajstić information content (AvgIpc) is 2.17. The third kappa shape index (κ3) is 2.01. The Labute approximate surface area is 86.9 Å². The second-order valence-electron chi connectivity index (χ2n) is 3.53. The smallest absolute Gasteiger partial charge is 0.235 e. The fraction of sp³-hybridized carbons (Fsp3) is 0.400. The Morgan fingerprint density at radius 2 is 2.27 bits per heavy atom. The zero-order chi connectivity index (χ0) is 10.8. The maximum atomic E-state index is 11.5. The Bertz CT molecular complexity index is 417. The second-order valence-corrected chi connectivity index (χ2v) is 3.53. The summed E-state index contributed by atoms with van der Waals surface area (Å²) < 4.78 is 0. The Morgan fingerprint density at radius 1 is 1.47 bits per heavy atom. The molecule has 0 bridgehead atoms. The van der Waals surface area contributed by atoms with Crippen molar-refractivity contribution in [2.45, 2.75) is 25.7 Å². The van der Waals surface area contributed by atoms with E-state index in [0.29, 0.717) is 24.4 Å². The Balaban J connectivity index is 2.24. The molecule has 5 nitrogen and oxygen atoms in total. The van der Waals surface area contributed by atoms with Crippen molar-refractivity contribution in [3.8, 4) is 0 Å².